The Morgan fingerprint density at radius 3 is 2.97 bits per heavy atom. The van der Waals surface area contributed by atoms with Crippen LogP contribution >= 0.6 is 46.9 Å². The lowest BCUT2D eigenvalue weighted by Crippen LogP contribution is -2.44. The van der Waals surface area contributed by atoms with Crippen LogP contribution < -0.4 is 15.5 Å². The Morgan fingerprint density at radius 1 is 1.45 bits per heavy atom. The molecule has 3 heterocycles. The zero-order chi connectivity index (χ0) is 19.9. The van der Waals surface area contributed by atoms with E-state index in [1.165, 1.54) is 5.01 Å². The second-order valence-electron chi connectivity index (χ2n) is 7.23. The molecule has 1 aliphatic heterocycles. The fourth-order valence-corrected chi connectivity index (χ4v) is 4.29. The van der Waals surface area contributed by atoms with Crippen LogP contribution in [0.4, 0.5) is 5.82 Å². The van der Waals surface area contributed by atoms with Gasteiger partial charge in [-0.05, 0) is 25.5 Å². The predicted molar refractivity (Wildman–Crippen MR) is 134 cm³/mol. The number of thiazole rings is 1. The normalized spacial score (nSPS) is 16.8. The van der Waals surface area contributed by atoms with Crippen molar-refractivity contribution in [3.8, 4) is 0 Å². The van der Waals surface area contributed by atoms with Gasteiger partial charge < -0.3 is 15.5 Å². The number of pyridine rings is 1. The van der Waals surface area contributed by atoms with Crippen LogP contribution in [-0.2, 0) is 6.42 Å². The van der Waals surface area contributed by atoms with Crippen molar-refractivity contribution in [2.75, 3.05) is 31.1 Å². The summed E-state index contributed by atoms with van der Waals surface area (Å²) in [5.41, 5.74) is 1.13. The SMILES string of the molecule is CCNC(=NCCc1csc(C(C)C)n1)NC1CCN(c2ncccc2Cl)C1.I. The van der Waals surface area contributed by atoms with Gasteiger partial charge in [0.1, 0.15) is 5.82 Å². The van der Waals surface area contributed by atoms with Crippen LogP contribution in [0.3, 0.4) is 0 Å². The second-order valence-corrected chi connectivity index (χ2v) is 8.52. The highest BCUT2D eigenvalue weighted by molar-refractivity contribution is 14.0. The third-order valence-electron chi connectivity index (χ3n) is 4.61. The highest BCUT2D eigenvalue weighted by Gasteiger charge is 2.25. The molecule has 1 unspecified atom stereocenters. The summed E-state index contributed by atoms with van der Waals surface area (Å²) in [6.07, 6.45) is 3.68. The van der Waals surface area contributed by atoms with Crippen molar-refractivity contribution in [2.24, 2.45) is 4.99 Å². The van der Waals surface area contributed by atoms with Crippen molar-refractivity contribution in [3.05, 3.63) is 39.4 Å². The third-order valence-corrected chi connectivity index (χ3v) is 6.10. The maximum Gasteiger partial charge on any atom is 0.191 e. The van der Waals surface area contributed by atoms with E-state index < -0.39 is 0 Å². The monoisotopic (exact) mass is 548 g/mol. The van der Waals surface area contributed by atoms with Crippen molar-refractivity contribution >= 4 is 58.7 Å². The first-order chi connectivity index (χ1) is 13.6. The zero-order valence-electron chi connectivity index (χ0n) is 17.2. The Morgan fingerprint density at radius 2 is 2.28 bits per heavy atom. The molecule has 1 atom stereocenters. The summed E-state index contributed by atoms with van der Waals surface area (Å²) in [7, 11) is 0. The average molecular weight is 549 g/mol. The summed E-state index contributed by atoms with van der Waals surface area (Å²) in [6.45, 7) is 9.80. The standard InChI is InChI=1S/C20H29ClN6S.HI/c1-4-22-20(24-10-7-16-13-28-19(25-16)14(2)3)26-15-8-11-27(12-15)18-17(21)6-5-9-23-18;/h5-6,9,13-15H,4,7-8,10-12H2,1-3H3,(H2,22,24,26);1H. The Balaban J connectivity index is 0.00000300. The van der Waals surface area contributed by atoms with Gasteiger partial charge in [0, 0.05) is 56.1 Å². The molecule has 6 nitrogen and oxygen atoms in total. The Labute approximate surface area is 199 Å². The molecule has 0 bridgehead atoms. The van der Waals surface area contributed by atoms with Gasteiger partial charge in [0.15, 0.2) is 5.96 Å². The largest absolute Gasteiger partial charge is 0.357 e. The molecule has 160 valence electrons. The summed E-state index contributed by atoms with van der Waals surface area (Å²) >= 11 is 8.03. The van der Waals surface area contributed by atoms with Crippen molar-refractivity contribution in [1.29, 1.82) is 0 Å². The van der Waals surface area contributed by atoms with E-state index >= 15 is 0 Å². The van der Waals surface area contributed by atoms with Gasteiger partial charge >= 0.3 is 0 Å². The van der Waals surface area contributed by atoms with Crippen LogP contribution in [0, 0.1) is 0 Å². The Bertz CT molecular complexity index is 797. The summed E-state index contributed by atoms with van der Waals surface area (Å²) in [5.74, 6) is 2.21. The first-order valence-corrected chi connectivity index (χ1v) is 11.2. The Kier molecular flexibility index (Phi) is 9.91. The van der Waals surface area contributed by atoms with Gasteiger partial charge in [0.25, 0.3) is 0 Å². The van der Waals surface area contributed by atoms with Crippen LogP contribution in [0.2, 0.25) is 5.02 Å². The number of halogens is 2. The number of guanidine groups is 1. The number of aromatic nitrogens is 2. The molecule has 2 aromatic heterocycles. The van der Waals surface area contributed by atoms with Crippen LogP contribution in [0.5, 0.6) is 0 Å². The molecular weight excluding hydrogens is 519 g/mol. The molecule has 0 radical (unpaired) electrons. The maximum absolute atomic E-state index is 6.29. The summed E-state index contributed by atoms with van der Waals surface area (Å²) in [4.78, 5) is 16.1. The molecule has 2 aromatic rings. The van der Waals surface area contributed by atoms with Crippen LogP contribution in [0.15, 0.2) is 28.7 Å². The molecular formula is C20H30ClIN6S. The van der Waals surface area contributed by atoms with E-state index in [2.05, 4.69) is 51.7 Å². The summed E-state index contributed by atoms with van der Waals surface area (Å²) in [5, 5.41) is 10.9. The fraction of sp³-hybridized carbons (Fsp3) is 0.550. The second kappa shape index (κ2) is 11.9. The van der Waals surface area contributed by atoms with Crippen molar-refractivity contribution in [2.45, 2.75) is 45.6 Å². The highest BCUT2D eigenvalue weighted by Crippen LogP contribution is 2.25. The predicted octanol–water partition coefficient (Wildman–Crippen LogP) is 4.31. The van der Waals surface area contributed by atoms with E-state index in [1.54, 1.807) is 17.5 Å². The molecule has 1 aliphatic rings. The van der Waals surface area contributed by atoms with E-state index in [9.17, 15) is 0 Å². The van der Waals surface area contributed by atoms with Crippen LogP contribution in [-0.4, -0.2) is 48.1 Å². The zero-order valence-corrected chi connectivity index (χ0v) is 21.1. The topological polar surface area (TPSA) is 65.4 Å². The smallest absolute Gasteiger partial charge is 0.191 e. The fourth-order valence-electron chi connectivity index (χ4n) is 3.18. The molecule has 0 aromatic carbocycles. The van der Waals surface area contributed by atoms with Crippen molar-refractivity contribution in [1.82, 2.24) is 20.6 Å². The molecule has 3 rings (SSSR count). The lowest BCUT2D eigenvalue weighted by Gasteiger charge is -2.20. The van der Waals surface area contributed by atoms with Gasteiger partial charge in [0.2, 0.25) is 0 Å². The first-order valence-electron chi connectivity index (χ1n) is 9.91. The van der Waals surface area contributed by atoms with Crippen molar-refractivity contribution < 1.29 is 0 Å². The first kappa shape index (κ1) is 24.1. The molecule has 0 spiro atoms. The van der Waals surface area contributed by atoms with E-state index in [-0.39, 0.29) is 24.0 Å². The van der Waals surface area contributed by atoms with E-state index in [0.717, 1.165) is 56.5 Å². The highest BCUT2D eigenvalue weighted by atomic mass is 127. The number of aliphatic imine (C=N–C) groups is 1. The van der Waals surface area contributed by atoms with Gasteiger partial charge in [-0.1, -0.05) is 25.4 Å². The molecule has 29 heavy (non-hydrogen) atoms. The van der Waals surface area contributed by atoms with Crippen LogP contribution in [0.25, 0.3) is 0 Å². The number of anilines is 1. The molecule has 0 saturated carbocycles. The average Bonchev–Trinajstić information content (AvgIpc) is 3.32. The Hall–Kier alpha value is -1.13. The minimum atomic E-state index is 0. The molecule has 1 fully saturated rings. The molecule has 0 aliphatic carbocycles. The van der Waals surface area contributed by atoms with Gasteiger partial charge in [-0.15, -0.1) is 35.3 Å². The summed E-state index contributed by atoms with van der Waals surface area (Å²) in [6, 6.07) is 4.07. The van der Waals surface area contributed by atoms with Crippen LogP contribution in [0.1, 0.15) is 43.8 Å². The number of nitrogens with zero attached hydrogens (tertiary/aromatic N) is 4. The molecule has 0 amide bonds. The van der Waals surface area contributed by atoms with E-state index in [1.807, 2.05) is 12.1 Å². The van der Waals surface area contributed by atoms with E-state index in [4.69, 9.17) is 16.6 Å². The number of hydrogen-bond acceptors (Lipinski definition) is 5. The van der Waals surface area contributed by atoms with Gasteiger partial charge in [-0.25, -0.2) is 9.97 Å². The number of hydrogen-bond donors (Lipinski definition) is 2. The molecule has 9 heteroatoms. The quantitative estimate of drug-likeness (QED) is 0.307. The van der Waals surface area contributed by atoms with Gasteiger partial charge in [-0.3, -0.25) is 4.99 Å². The lowest BCUT2D eigenvalue weighted by molar-refractivity contribution is 0.648. The van der Waals surface area contributed by atoms with Crippen molar-refractivity contribution in [3.63, 3.8) is 0 Å². The molecule has 2 N–H and O–H groups in total. The number of rotatable bonds is 7. The minimum Gasteiger partial charge on any atom is -0.357 e. The van der Waals surface area contributed by atoms with Gasteiger partial charge in [0.05, 0.1) is 15.7 Å². The van der Waals surface area contributed by atoms with E-state index in [0.29, 0.717) is 17.0 Å². The third kappa shape index (κ3) is 6.96. The summed E-state index contributed by atoms with van der Waals surface area (Å²) < 4.78 is 0. The van der Waals surface area contributed by atoms with Gasteiger partial charge in [-0.2, -0.15) is 0 Å². The lowest BCUT2D eigenvalue weighted by atomic mass is 10.2. The minimum absolute atomic E-state index is 0. The number of nitrogens with one attached hydrogen (secondary N) is 2. The maximum atomic E-state index is 6.29. The molecule has 1 saturated heterocycles.